The van der Waals surface area contributed by atoms with E-state index >= 15 is 0 Å². The number of ether oxygens (including phenoxy) is 1. The van der Waals surface area contributed by atoms with Gasteiger partial charge in [0.15, 0.2) is 4.77 Å². The second kappa shape index (κ2) is 5.60. The number of nitrogens with one attached hydrogen (secondary N) is 1. The summed E-state index contributed by atoms with van der Waals surface area (Å²) < 4.78 is 8.51. The van der Waals surface area contributed by atoms with E-state index in [9.17, 15) is 0 Å². The topological polar surface area (TPSA) is 46.1 Å². The average Bonchev–Trinajstić information content (AvgIpc) is 3.16. The van der Waals surface area contributed by atoms with Gasteiger partial charge in [-0.25, -0.2) is 4.68 Å². The van der Waals surface area contributed by atoms with Crippen LogP contribution >= 0.6 is 23.8 Å². The molecule has 1 saturated heterocycles. The SMILES string of the molecule is S=c1[nH]cnn1C[C@]1(c2ccccc2)O[C@@H]1c1ccccc1Cl. The lowest BCUT2D eigenvalue weighted by Gasteiger charge is -2.14. The second-order valence-electron chi connectivity index (χ2n) is 5.53. The number of hydrogen-bond donors (Lipinski definition) is 1. The van der Waals surface area contributed by atoms with E-state index in [-0.39, 0.29) is 6.10 Å². The first-order valence-electron chi connectivity index (χ1n) is 7.29. The van der Waals surface area contributed by atoms with E-state index in [0.29, 0.717) is 16.3 Å². The van der Waals surface area contributed by atoms with Crippen LogP contribution in [-0.2, 0) is 16.9 Å². The van der Waals surface area contributed by atoms with Gasteiger partial charge in [0.25, 0.3) is 0 Å². The van der Waals surface area contributed by atoms with Gasteiger partial charge in [-0.15, -0.1) is 0 Å². The van der Waals surface area contributed by atoms with Gasteiger partial charge in [-0.2, -0.15) is 5.10 Å². The third-order valence-electron chi connectivity index (χ3n) is 4.15. The Kier molecular flexibility index (Phi) is 3.56. The summed E-state index contributed by atoms with van der Waals surface area (Å²) in [7, 11) is 0. The molecule has 1 N–H and O–H groups in total. The van der Waals surface area contributed by atoms with Crippen molar-refractivity contribution >= 4 is 23.8 Å². The van der Waals surface area contributed by atoms with Crippen LogP contribution in [0, 0.1) is 4.77 Å². The van der Waals surface area contributed by atoms with Crippen molar-refractivity contribution in [1.82, 2.24) is 14.8 Å². The smallest absolute Gasteiger partial charge is 0.195 e. The fraction of sp³-hybridized carbons (Fsp3) is 0.176. The van der Waals surface area contributed by atoms with Crippen LogP contribution in [0.25, 0.3) is 0 Å². The molecule has 23 heavy (non-hydrogen) atoms. The lowest BCUT2D eigenvalue weighted by atomic mass is 9.91. The highest BCUT2D eigenvalue weighted by Crippen LogP contribution is 2.59. The Balaban J connectivity index is 1.77. The number of rotatable bonds is 4. The van der Waals surface area contributed by atoms with Crippen molar-refractivity contribution in [2.45, 2.75) is 18.2 Å². The highest BCUT2D eigenvalue weighted by molar-refractivity contribution is 7.71. The summed E-state index contributed by atoms with van der Waals surface area (Å²) in [6, 6.07) is 17.9. The molecule has 4 rings (SSSR count). The zero-order valence-electron chi connectivity index (χ0n) is 12.1. The molecule has 0 saturated carbocycles. The minimum Gasteiger partial charge on any atom is -0.354 e. The number of benzene rings is 2. The number of hydrogen-bond acceptors (Lipinski definition) is 3. The van der Waals surface area contributed by atoms with Gasteiger partial charge >= 0.3 is 0 Å². The van der Waals surface area contributed by atoms with Crippen molar-refractivity contribution in [3.05, 3.63) is 81.8 Å². The molecule has 4 nitrogen and oxygen atoms in total. The molecule has 0 bridgehead atoms. The molecule has 116 valence electrons. The molecule has 0 radical (unpaired) electrons. The van der Waals surface area contributed by atoms with E-state index in [0.717, 1.165) is 11.1 Å². The Bertz CT molecular complexity index is 892. The summed E-state index contributed by atoms with van der Waals surface area (Å²) in [5.74, 6) is 0. The van der Waals surface area contributed by atoms with Crippen LogP contribution in [-0.4, -0.2) is 14.8 Å². The van der Waals surface area contributed by atoms with E-state index in [1.165, 1.54) is 0 Å². The summed E-state index contributed by atoms with van der Waals surface area (Å²) in [6.07, 6.45) is 1.48. The fourth-order valence-corrected chi connectivity index (χ4v) is 3.34. The molecule has 0 aliphatic carbocycles. The molecule has 1 aliphatic rings. The number of aromatic amines is 1. The Hall–Kier alpha value is -1.95. The van der Waals surface area contributed by atoms with Gasteiger partial charge in [0.2, 0.25) is 0 Å². The molecule has 6 heteroatoms. The first-order chi connectivity index (χ1) is 11.2. The molecule has 0 unspecified atom stereocenters. The summed E-state index contributed by atoms with van der Waals surface area (Å²) in [6.45, 7) is 0.537. The van der Waals surface area contributed by atoms with Crippen molar-refractivity contribution in [1.29, 1.82) is 0 Å². The quantitative estimate of drug-likeness (QED) is 0.568. The van der Waals surface area contributed by atoms with E-state index in [1.807, 2.05) is 42.5 Å². The maximum atomic E-state index is 6.36. The number of halogens is 1. The maximum Gasteiger partial charge on any atom is 0.195 e. The molecule has 3 aromatic rings. The van der Waals surface area contributed by atoms with Crippen LogP contribution in [0.15, 0.2) is 60.9 Å². The van der Waals surface area contributed by atoms with Gasteiger partial charge in [0.1, 0.15) is 18.0 Å². The van der Waals surface area contributed by atoms with Crippen LogP contribution in [0.1, 0.15) is 17.2 Å². The Labute approximate surface area is 143 Å². The Morgan fingerprint density at radius 1 is 1.17 bits per heavy atom. The van der Waals surface area contributed by atoms with E-state index < -0.39 is 5.60 Å². The standard InChI is InChI=1S/C17H14ClN3OS/c18-14-9-5-4-8-13(14)15-17(22-15,12-6-2-1-3-7-12)10-21-16(23)19-11-20-21/h1-9,11,15H,10H2,(H,19,20,23)/t15-,17-/m1/s1. The van der Waals surface area contributed by atoms with Gasteiger partial charge in [0.05, 0.1) is 6.54 Å². The minimum atomic E-state index is -0.500. The highest BCUT2D eigenvalue weighted by atomic mass is 35.5. The van der Waals surface area contributed by atoms with Crippen molar-refractivity contribution < 1.29 is 4.74 Å². The van der Waals surface area contributed by atoms with E-state index in [1.54, 1.807) is 11.0 Å². The molecule has 2 heterocycles. The van der Waals surface area contributed by atoms with Crippen molar-refractivity contribution in [3.8, 4) is 0 Å². The lowest BCUT2D eigenvalue weighted by molar-refractivity contribution is 0.261. The first-order valence-corrected chi connectivity index (χ1v) is 8.07. The fourth-order valence-electron chi connectivity index (χ4n) is 2.95. The molecule has 1 aliphatic heterocycles. The third-order valence-corrected chi connectivity index (χ3v) is 4.82. The molecule has 2 aromatic carbocycles. The normalized spacial score (nSPS) is 22.9. The molecule has 0 spiro atoms. The van der Waals surface area contributed by atoms with Crippen LogP contribution in [0.5, 0.6) is 0 Å². The van der Waals surface area contributed by atoms with Crippen LogP contribution in [0.4, 0.5) is 0 Å². The van der Waals surface area contributed by atoms with Crippen LogP contribution in [0.3, 0.4) is 0 Å². The van der Waals surface area contributed by atoms with Crippen molar-refractivity contribution in [2.24, 2.45) is 0 Å². The monoisotopic (exact) mass is 343 g/mol. The summed E-state index contributed by atoms with van der Waals surface area (Å²) in [5, 5.41) is 4.97. The predicted octanol–water partition coefficient (Wildman–Crippen LogP) is 4.26. The van der Waals surface area contributed by atoms with Gasteiger partial charge < -0.3 is 9.72 Å². The van der Waals surface area contributed by atoms with E-state index in [2.05, 4.69) is 22.2 Å². The Morgan fingerprint density at radius 3 is 2.61 bits per heavy atom. The highest BCUT2D eigenvalue weighted by Gasteiger charge is 2.59. The largest absolute Gasteiger partial charge is 0.354 e. The molecule has 1 aromatic heterocycles. The van der Waals surface area contributed by atoms with E-state index in [4.69, 9.17) is 28.6 Å². The summed E-state index contributed by atoms with van der Waals surface area (Å²) in [4.78, 5) is 2.92. The maximum absolute atomic E-state index is 6.36. The average molecular weight is 344 g/mol. The molecule has 2 atom stereocenters. The predicted molar refractivity (Wildman–Crippen MR) is 90.8 cm³/mol. The first kappa shape index (κ1) is 14.6. The second-order valence-corrected chi connectivity index (χ2v) is 6.32. The van der Waals surface area contributed by atoms with Gasteiger partial charge in [-0.3, -0.25) is 0 Å². The van der Waals surface area contributed by atoms with Crippen LogP contribution in [0.2, 0.25) is 5.02 Å². The number of epoxide rings is 1. The Morgan fingerprint density at radius 2 is 1.91 bits per heavy atom. The van der Waals surface area contributed by atoms with Crippen molar-refractivity contribution in [3.63, 3.8) is 0 Å². The molecular weight excluding hydrogens is 330 g/mol. The molecule has 0 amide bonds. The number of nitrogens with zero attached hydrogens (tertiary/aromatic N) is 2. The zero-order chi connectivity index (χ0) is 15.9. The molecular formula is C17H14ClN3OS. The summed E-state index contributed by atoms with van der Waals surface area (Å²) in [5.41, 5.74) is 1.58. The van der Waals surface area contributed by atoms with Gasteiger partial charge in [-0.05, 0) is 23.8 Å². The lowest BCUT2D eigenvalue weighted by Crippen LogP contribution is -2.20. The molecule has 1 fully saturated rings. The number of H-pyrrole nitrogens is 1. The third kappa shape index (κ3) is 2.51. The van der Waals surface area contributed by atoms with Gasteiger partial charge in [0, 0.05) is 10.6 Å². The van der Waals surface area contributed by atoms with Crippen molar-refractivity contribution in [2.75, 3.05) is 0 Å². The van der Waals surface area contributed by atoms with Gasteiger partial charge in [-0.1, -0.05) is 60.1 Å². The number of aromatic nitrogens is 3. The van der Waals surface area contributed by atoms with Crippen LogP contribution < -0.4 is 0 Å². The minimum absolute atomic E-state index is 0.114. The zero-order valence-corrected chi connectivity index (χ0v) is 13.7. The summed E-state index contributed by atoms with van der Waals surface area (Å²) >= 11 is 11.6.